The van der Waals surface area contributed by atoms with Crippen LogP contribution in [0.5, 0.6) is 0 Å². The van der Waals surface area contributed by atoms with Crippen LogP contribution in [0.3, 0.4) is 0 Å². The summed E-state index contributed by atoms with van der Waals surface area (Å²) < 4.78 is 40.3. The third-order valence-corrected chi connectivity index (χ3v) is 5.11. The van der Waals surface area contributed by atoms with Crippen LogP contribution in [-0.2, 0) is 0 Å². The third-order valence-electron chi connectivity index (χ3n) is 5.11. The maximum atomic E-state index is 12.8. The fourth-order valence-electron chi connectivity index (χ4n) is 3.38. The minimum Gasteiger partial charge on any atom is -0.365 e. The average molecular weight is 407 g/mol. The van der Waals surface area contributed by atoms with E-state index >= 15 is 0 Å². The van der Waals surface area contributed by atoms with Gasteiger partial charge in [-0.05, 0) is 37.5 Å². The zero-order valence-electron chi connectivity index (χ0n) is 16.1. The number of nitrogens with one attached hydrogen (secondary N) is 1. The Bertz CT molecular complexity index is 836. The highest BCUT2D eigenvalue weighted by molar-refractivity contribution is 5.98. The van der Waals surface area contributed by atoms with Gasteiger partial charge in [0.25, 0.3) is 5.91 Å². The molecule has 0 aliphatic heterocycles. The van der Waals surface area contributed by atoms with E-state index < -0.39 is 18.0 Å². The first kappa shape index (κ1) is 22.3. The molecule has 0 saturated heterocycles. The molecule has 1 aliphatic rings. The molecule has 0 bridgehead atoms. The van der Waals surface area contributed by atoms with Crippen LogP contribution in [0.1, 0.15) is 66.9 Å². The van der Waals surface area contributed by atoms with E-state index in [2.05, 4.69) is 17.0 Å². The van der Waals surface area contributed by atoms with E-state index in [-0.39, 0.29) is 17.2 Å². The average Bonchev–Trinajstić information content (AvgIpc) is 3.14. The molecule has 6 nitrogen and oxygen atoms in total. The number of anilines is 2. The zero-order valence-corrected chi connectivity index (χ0v) is 16.1. The number of benzene rings is 1. The van der Waals surface area contributed by atoms with Gasteiger partial charge in [0.2, 0.25) is 0 Å². The van der Waals surface area contributed by atoms with E-state index in [4.69, 9.17) is 11.0 Å². The van der Waals surface area contributed by atoms with Crippen molar-refractivity contribution in [3.63, 3.8) is 0 Å². The van der Waals surface area contributed by atoms with Gasteiger partial charge in [0.05, 0.1) is 12.0 Å². The van der Waals surface area contributed by atoms with Gasteiger partial charge >= 0.3 is 6.18 Å². The number of carbonyl (C=O) groups is 1. The Balaban J connectivity index is 0.00000145. The second-order valence-electron chi connectivity index (χ2n) is 7.04. The van der Waals surface area contributed by atoms with E-state index in [0.29, 0.717) is 11.5 Å². The molecule has 1 aromatic carbocycles. The normalized spacial score (nSPS) is 15.8. The van der Waals surface area contributed by atoms with Gasteiger partial charge in [-0.2, -0.15) is 18.3 Å². The lowest BCUT2D eigenvalue weighted by Crippen LogP contribution is -2.17. The zero-order chi connectivity index (χ0) is 21.6. The SMILES string of the molecule is C#N.CC(c1ccc(Nc2nn(C3CCCCC3)cc2C(N)=O)cc1)C(F)(F)F. The summed E-state index contributed by atoms with van der Waals surface area (Å²) in [4.78, 5) is 11.8. The van der Waals surface area contributed by atoms with E-state index in [1.54, 1.807) is 23.0 Å². The van der Waals surface area contributed by atoms with Crippen LogP contribution in [0.4, 0.5) is 24.7 Å². The number of nitrogens with two attached hydrogens (primary N) is 1. The van der Waals surface area contributed by atoms with Crippen LogP contribution < -0.4 is 11.1 Å². The molecule has 3 rings (SSSR count). The van der Waals surface area contributed by atoms with Gasteiger partial charge in [-0.3, -0.25) is 9.48 Å². The predicted octanol–water partition coefficient (Wildman–Crippen LogP) is 5.04. The van der Waals surface area contributed by atoms with Gasteiger partial charge in [0.15, 0.2) is 5.82 Å². The smallest absolute Gasteiger partial charge is 0.365 e. The van der Waals surface area contributed by atoms with Gasteiger partial charge in [0.1, 0.15) is 5.56 Å². The van der Waals surface area contributed by atoms with Crippen molar-refractivity contribution in [2.45, 2.75) is 57.2 Å². The molecule has 1 amide bonds. The largest absolute Gasteiger partial charge is 0.395 e. The molecule has 1 fully saturated rings. The van der Waals surface area contributed by atoms with Crippen molar-refractivity contribution in [2.75, 3.05) is 5.32 Å². The van der Waals surface area contributed by atoms with E-state index in [1.807, 2.05) is 0 Å². The molecule has 1 aromatic heterocycles. The second-order valence-corrected chi connectivity index (χ2v) is 7.04. The molecule has 156 valence electrons. The number of nitrogens with zero attached hydrogens (tertiary/aromatic N) is 3. The van der Waals surface area contributed by atoms with Crippen LogP contribution in [0.25, 0.3) is 0 Å². The lowest BCUT2D eigenvalue weighted by atomic mass is 9.96. The first-order valence-corrected chi connectivity index (χ1v) is 9.34. The molecular weight excluding hydrogens is 383 g/mol. The minimum atomic E-state index is -4.28. The maximum Gasteiger partial charge on any atom is 0.395 e. The standard InChI is InChI=1S/C19H23F3N4O.CHN/c1-12(19(20,21)22)13-7-9-14(10-8-13)24-18-16(17(23)27)11-26(25-18)15-5-3-2-4-6-15;1-2/h7-12,15H,2-6H2,1H3,(H2,23,27)(H,24,25);1H. The third kappa shape index (κ3) is 5.50. The Hall–Kier alpha value is -3.02. The molecule has 0 spiro atoms. The molecule has 3 N–H and O–H groups in total. The van der Waals surface area contributed by atoms with E-state index in [9.17, 15) is 18.0 Å². The molecule has 1 saturated carbocycles. The second kappa shape index (κ2) is 9.45. The Morgan fingerprint density at radius 3 is 2.34 bits per heavy atom. The van der Waals surface area contributed by atoms with Crippen molar-refractivity contribution in [1.82, 2.24) is 9.78 Å². The van der Waals surface area contributed by atoms with Gasteiger partial charge in [0, 0.05) is 18.5 Å². The monoisotopic (exact) mass is 407 g/mol. The van der Waals surface area contributed by atoms with Gasteiger partial charge in [-0.25, -0.2) is 5.26 Å². The van der Waals surface area contributed by atoms with Crippen LogP contribution in [0.2, 0.25) is 0 Å². The topological polar surface area (TPSA) is 96.7 Å². The molecule has 1 unspecified atom stereocenters. The highest BCUT2D eigenvalue weighted by Crippen LogP contribution is 2.35. The number of halogens is 3. The summed E-state index contributed by atoms with van der Waals surface area (Å²) in [5.41, 5.74) is 6.46. The van der Waals surface area contributed by atoms with Gasteiger partial charge in [-0.15, -0.1) is 0 Å². The fraction of sp³-hybridized carbons (Fsp3) is 0.450. The van der Waals surface area contributed by atoms with E-state index in [1.165, 1.54) is 18.6 Å². The highest BCUT2D eigenvalue weighted by Gasteiger charge is 2.36. The number of primary amides is 1. The summed E-state index contributed by atoms with van der Waals surface area (Å²) >= 11 is 0. The van der Waals surface area contributed by atoms with Crippen molar-refractivity contribution < 1.29 is 18.0 Å². The summed E-state index contributed by atoms with van der Waals surface area (Å²) in [6.07, 6.45) is 2.82. The Labute approximate surface area is 167 Å². The summed E-state index contributed by atoms with van der Waals surface area (Å²) in [7, 11) is 0. The highest BCUT2D eigenvalue weighted by atomic mass is 19.4. The van der Waals surface area contributed by atoms with Crippen LogP contribution in [0.15, 0.2) is 30.5 Å². The Morgan fingerprint density at radius 1 is 1.24 bits per heavy atom. The maximum absolute atomic E-state index is 12.8. The lowest BCUT2D eigenvalue weighted by Gasteiger charge is -2.21. The summed E-state index contributed by atoms with van der Waals surface area (Å²) in [5.74, 6) is -1.81. The number of carbonyl (C=O) groups excluding carboxylic acids is 1. The molecule has 9 heteroatoms. The summed E-state index contributed by atoms with van der Waals surface area (Å²) in [5, 5.41) is 14.0. The molecule has 1 heterocycles. The lowest BCUT2D eigenvalue weighted by molar-refractivity contribution is -0.146. The number of aromatic nitrogens is 2. The first-order valence-electron chi connectivity index (χ1n) is 9.34. The predicted molar refractivity (Wildman–Crippen MR) is 104 cm³/mol. The Morgan fingerprint density at radius 2 is 1.83 bits per heavy atom. The minimum absolute atomic E-state index is 0.177. The number of rotatable bonds is 5. The first-order chi connectivity index (χ1) is 13.8. The molecular formula is C20H24F3N5O. The van der Waals surface area contributed by atoms with Crippen LogP contribution >= 0.6 is 0 Å². The van der Waals surface area contributed by atoms with Gasteiger partial charge < -0.3 is 11.1 Å². The van der Waals surface area contributed by atoms with E-state index in [0.717, 1.165) is 32.6 Å². The number of nitriles is 1. The van der Waals surface area contributed by atoms with Gasteiger partial charge in [-0.1, -0.05) is 31.4 Å². The number of amides is 1. The van der Waals surface area contributed by atoms with Crippen LogP contribution in [0, 0.1) is 11.8 Å². The van der Waals surface area contributed by atoms with Crippen LogP contribution in [-0.4, -0.2) is 21.9 Å². The summed E-state index contributed by atoms with van der Waals surface area (Å²) in [6.45, 7) is 4.62. The quantitative estimate of drug-likeness (QED) is 0.726. The Kier molecular flexibility index (Phi) is 7.26. The molecule has 29 heavy (non-hydrogen) atoms. The summed E-state index contributed by atoms with van der Waals surface area (Å²) in [6, 6.07) is 6.16. The van der Waals surface area contributed by atoms with Crippen molar-refractivity contribution in [3.8, 4) is 6.57 Å². The molecule has 0 radical (unpaired) electrons. The van der Waals surface area contributed by atoms with Crippen molar-refractivity contribution in [2.24, 2.45) is 5.73 Å². The molecule has 1 aliphatic carbocycles. The van der Waals surface area contributed by atoms with Crippen molar-refractivity contribution in [1.29, 1.82) is 5.26 Å². The molecule has 2 aromatic rings. The number of alkyl halides is 3. The number of hydrogen-bond donors (Lipinski definition) is 2. The molecule has 1 atom stereocenters. The van der Waals surface area contributed by atoms with Crippen molar-refractivity contribution >= 4 is 17.4 Å². The fourth-order valence-corrected chi connectivity index (χ4v) is 3.38. The number of hydrogen-bond acceptors (Lipinski definition) is 4. The van der Waals surface area contributed by atoms with Crippen molar-refractivity contribution in [3.05, 3.63) is 41.6 Å².